The number of nitrogens with one attached hydrogen (secondary N) is 1. The van der Waals surface area contributed by atoms with Gasteiger partial charge in [-0.3, -0.25) is 4.90 Å². The monoisotopic (exact) mass is 264 g/mol. The predicted molar refractivity (Wildman–Crippen MR) is 76.4 cm³/mol. The van der Waals surface area contributed by atoms with E-state index in [0.29, 0.717) is 11.9 Å². The summed E-state index contributed by atoms with van der Waals surface area (Å²) in [7, 11) is 6.05. The van der Waals surface area contributed by atoms with Gasteiger partial charge < -0.3 is 15.0 Å². The van der Waals surface area contributed by atoms with Gasteiger partial charge in [0.1, 0.15) is 0 Å². The maximum Gasteiger partial charge on any atom is 0.217 e. The number of piperazine rings is 1. The molecular weight excluding hydrogens is 240 g/mol. The van der Waals surface area contributed by atoms with Crippen molar-refractivity contribution in [2.24, 2.45) is 0 Å². The van der Waals surface area contributed by atoms with Gasteiger partial charge in [-0.2, -0.15) is 0 Å². The lowest BCUT2D eigenvalue weighted by molar-refractivity contribution is 0.113. The second-order valence-electron chi connectivity index (χ2n) is 5.20. The standard InChI is InChI=1S/C14H24N4O/c1-17-7-8-18(2)13(11-17)10-15-9-12-5-4-6-16-14(12)19-3/h4-6,13,15H,7-11H2,1-3H3. The maximum atomic E-state index is 5.26. The van der Waals surface area contributed by atoms with E-state index in [1.165, 1.54) is 0 Å². The molecule has 2 heterocycles. The molecule has 1 aliphatic heterocycles. The smallest absolute Gasteiger partial charge is 0.217 e. The molecule has 1 fully saturated rings. The fraction of sp³-hybridized carbons (Fsp3) is 0.643. The second kappa shape index (κ2) is 6.84. The predicted octanol–water partition coefficient (Wildman–Crippen LogP) is 0.426. The zero-order valence-corrected chi connectivity index (χ0v) is 12.1. The Kier molecular flexibility index (Phi) is 5.13. The molecule has 1 N–H and O–H groups in total. The molecule has 0 bridgehead atoms. The van der Waals surface area contributed by atoms with Crippen molar-refractivity contribution in [3.63, 3.8) is 0 Å². The van der Waals surface area contributed by atoms with Crippen molar-refractivity contribution < 1.29 is 4.74 Å². The van der Waals surface area contributed by atoms with Crippen molar-refractivity contribution in [1.29, 1.82) is 0 Å². The first-order chi connectivity index (χ1) is 9.20. The van der Waals surface area contributed by atoms with Crippen molar-refractivity contribution in [3.05, 3.63) is 23.9 Å². The van der Waals surface area contributed by atoms with Crippen LogP contribution in [-0.4, -0.2) is 68.2 Å². The molecule has 1 saturated heterocycles. The molecule has 0 spiro atoms. The summed E-state index contributed by atoms with van der Waals surface area (Å²) in [6.07, 6.45) is 1.76. The van der Waals surface area contributed by atoms with Gasteiger partial charge in [-0.25, -0.2) is 4.98 Å². The minimum Gasteiger partial charge on any atom is -0.481 e. The van der Waals surface area contributed by atoms with E-state index in [1.807, 2.05) is 6.07 Å². The molecule has 1 aliphatic rings. The van der Waals surface area contributed by atoms with E-state index in [9.17, 15) is 0 Å². The number of nitrogens with zero attached hydrogens (tertiary/aromatic N) is 3. The number of aromatic nitrogens is 1. The number of pyridine rings is 1. The summed E-state index contributed by atoms with van der Waals surface area (Å²) in [5, 5.41) is 3.51. The molecule has 0 aromatic carbocycles. The largest absolute Gasteiger partial charge is 0.481 e. The molecule has 0 amide bonds. The van der Waals surface area contributed by atoms with E-state index >= 15 is 0 Å². The van der Waals surface area contributed by atoms with E-state index in [4.69, 9.17) is 4.74 Å². The second-order valence-corrected chi connectivity index (χ2v) is 5.20. The van der Waals surface area contributed by atoms with Gasteiger partial charge >= 0.3 is 0 Å². The van der Waals surface area contributed by atoms with Crippen LogP contribution in [0.1, 0.15) is 5.56 Å². The first kappa shape index (κ1) is 14.2. The highest BCUT2D eigenvalue weighted by Gasteiger charge is 2.21. The summed E-state index contributed by atoms with van der Waals surface area (Å²) >= 11 is 0. The zero-order chi connectivity index (χ0) is 13.7. The summed E-state index contributed by atoms with van der Waals surface area (Å²) in [6.45, 7) is 5.19. The van der Waals surface area contributed by atoms with Gasteiger partial charge in [-0.1, -0.05) is 6.07 Å². The molecule has 0 radical (unpaired) electrons. The van der Waals surface area contributed by atoms with E-state index in [1.54, 1.807) is 13.3 Å². The summed E-state index contributed by atoms with van der Waals surface area (Å²) in [4.78, 5) is 9.02. The number of hydrogen-bond acceptors (Lipinski definition) is 5. The Morgan fingerprint density at radius 3 is 3.05 bits per heavy atom. The normalized spacial score (nSPS) is 21.5. The Balaban J connectivity index is 1.82. The molecule has 1 aromatic rings. The SMILES string of the molecule is COc1ncccc1CNCC1CN(C)CCN1C. The number of rotatable bonds is 5. The van der Waals surface area contributed by atoms with Gasteiger partial charge in [0.05, 0.1) is 7.11 Å². The molecule has 5 nitrogen and oxygen atoms in total. The van der Waals surface area contributed by atoms with Crippen molar-refractivity contribution in [1.82, 2.24) is 20.1 Å². The molecule has 0 aliphatic carbocycles. The Labute approximate surface area is 115 Å². The fourth-order valence-corrected chi connectivity index (χ4v) is 2.44. The van der Waals surface area contributed by atoms with E-state index in [0.717, 1.165) is 38.3 Å². The number of hydrogen-bond donors (Lipinski definition) is 1. The van der Waals surface area contributed by atoms with Gasteiger partial charge in [0.25, 0.3) is 0 Å². The van der Waals surface area contributed by atoms with Crippen molar-refractivity contribution >= 4 is 0 Å². The Bertz CT molecular complexity index is 399. The topological polar surface area (TPSA) is 40.6 Å². The highest BCUT2D eigenvalue weighted by Crippen LogP contribution is 2.13. The van der Waals surface area contributed by atoms with E-state index < -0.39 is 0 Å². The van der Waals surface area contributed by atoms with Crippen LogP contribution in [0, 0.1) is 0 Å². The van der Waals surface area contributed by atoms with Gasteiger partial charge in [0.2, 0.25) is 5.88 Å². The van der Waals surface area contributed by atoms with Crippen LogP contribution >= 0.6 is 0 Å². The molecule has 19 heavy (non-hydrogen) atoms. The molecule has 1 unspecified atom stereocenters. The van der Waals surface area contributed by atoms with Crippen molar-refractivity contribution in [2.45, 2.75) is 12.6 Å². The average molecular weight is 264 g/mol. The third kappa shape index (κ3) is 3.89. The summed E-state index contributed by atoms with van der Waals surface area (Å²) in [6, 6.07) is 4.57. The van der Waals surface area contributed by atoms with Gasteiger partial charge in [-0.05, 0) is 20.2 Å². The zero-order valence-electron chi connectivity index (χ0n) is 12.1. The van der Waals surface area contributed by atoms with Crippen LogP contribution in [0.15, 0.2) is 18.3 Å². The number of ether oxygens (including phenoxy) is 1. The first-order valence-corrected chi connectivity index (χ1v) is 6.78. The summed E-state index contributed by atoms with van der Waals surface area (Å²) in [5.74, 6) is 0.712. The van der Waals surface area contributed by atoms with Crippen LogP contribution in [0.3, 0.4) is 0 Å². The molecular formula is C14H24N4O. The minimum atomic E-state index is 0.571. The van der Waals surface area contributed by atoms with E-state index in [-0.39, 0.29) is 0 Å². The van der Waals surface area contributed by atoms with E-state index in [2.05, 4.69) is 40.3 Å². The molecule has 1 aromatic heterocycles. The summed E-state index contributed by atoms with van der Waals surface area (Å²) < 4.78 is 5.26. The number of likely N-dealkylation sites (N-methyl/N-ethyl adjacent to an activating group) is 2. The molecule has 0 saturated carbocycles. The quantitative estimate of drug-likeness (QED) is 0.835. The first-order valence-electron chi connectivity index (χ1n) is 6.78. The Morgan fingerprint density at radius 1 is 1.42 bits per heavy atom. The van der Waals surface area contributed by atoms with Crippen LogP contribution in [0.25, 0.3) is 0 Å². The van der Waals surface area contributed by atoms with Gasteiger partial charge in [0.15, 0.2) is 0 Å². The van der Waals surface area contributed by atoms with Crippen LogP contribution < -0.4 is 10.1 Å². The third-order valence-corrected chi connectivity index (χ3v) is 3.72. The fourth-order valence-electron chi connectivity index (χ4n) is 2.44. The summed E-state index contributed by atoms with van der Waals surface area (Å²) in [5.41, 5.74) is 1.11. The van der Waals surface area contributed by atoms with Crippen LogP contribution in [0.4, 0.5) is 0 Å². The van der Waals surface area contributed by atoms with Crippen molar-refractivity contribution in [3.8, 4) is 5.88 Å². The van der Waals surface area contributed by atoms with Crippen molar-refractivity contribution in [2.75, 3.05) is 47.4 Å². The highest BCUT2D eigenvalue weighted by atomic mass is 16.5. The van der Waals surface area contributed by atoms with Gasteiger partial charge in [0, 0.05) is 50.5 Å². The van der Waals surface area contributed by atoms with Crippen LogP contribution in [-0.2, 0) is 6.54 Å². The third-order valence-electron chi connectivity index (χ3n) is 3.72. The lowest BCUT2D eigenvalue weighted by Gasteiger charge is -2.37. The molecule has 5 heteroatoms. The van der Waals surface area contributed by atoms with Crippen LogP contribution in [0.2, 0.25) is 0 Å². The Morgan fingerprint density at radius 2 is 2.26 bits per heavy atom. The lowest BCUT2D eigenvalue weighted by atomic mass is 10.2. The average Bonchev–Trinajstić information content (AvgIpc) is 2.43. The minimum absolute atomic E-state index is 0.571. The Hall–Kier alpha value is -1.17. The molecule has 1 atom stereocenters. The number of methoxy groups -OCH3 is 1. The molecule has 2 rings (SSSR count). The molecule has 106 valence electrons. The lowest BCUT2D eigenvalue weighted by Crippen LogP contribution is -2.53. The highest BCUT2D eigenvalue weighted by molar-refractivity contribution is 5.24. The van der Waals surface area contributed by atoms with Gasteiger partial charge in [-0.15, -0.1) is 0 Å². The van der Waals surface area contributed by atoms with Crippen LogP contribution in [0.5, 0.6) is 5.88 Å². The maximum absolute atomic E-state index is 5.26.